The fourth-order valence-electron chi connectivity index (χ4n) is 5.47. The summed E-state index contributed by atoms with van der Waals surface area (Å²) in [5.41, 5.74) is 3.32. The molecule has 0 unspecified atom stereocenters. The summed E-state index contributed by atoms with van der Waals surface area (Å²) in [6.07, 6.45) is 6.85. The molecule has 0 aliphatic carbocycles. The minimum atomic E-state index is 0.164. The number of ether oxygens (including phenoxy) is 1. The zero-order valence-corrected chi connectivity index (χ0v) is 19.1. The van der Waals surface area contributed by atoms with Crippen LogP contribution < -0.4 is 4.90 Å². The Kier molecular flexibility index (Phi) is 6.51. The number of carbonyl (C=O) groups excluding carboxylic acids is 1. The Morgan fingerprint density at radius 3 is 2.53 bits per heavy atom. The molecule has 0 saturated carbocycles. The normalized spacial score (nSPS) is 20.7. The number of piperidine rings is 1. The molecule has 0 N–H and O–H groups in total. The molecule has 6 nitrogen and oxygen atoms in total. The number of likely N-dealkylation sites (tertiary alicyclic amines) is 1. The molecule has 0 radical (unpaired) electrons. The summed E-state index contributed by atoms with van der Waals surface area (Å²) in [5, 5.41) is 0. The number of aromatic nitrogens is 2. The molecule has 1 aromatic carbocycles. The van der Waals surface area contributed by atoms with Gasteiger partial charge >= 0.3 is 0 Å². The molecule has 3 aliphatic rings. The van der Waals surface area contributed by atoms with Crippen LogP contribution in [0.15, 0.2) is 30.3 Å². The molecule has 6 heteroatoms. The Bertz CT molecular complexity index is 934. The van der Waals surface area contributed by atoms with E-state index in [0.29, 0.717) is 18.4 Å². The number of hydrogen-bond donors (Lipinski definition) is 0. The molecule has 5 rings (SSSR count). The quantitative estimate of drug-likeness (QED) is 0.694. The van der Waals surface area contributed by atoms with Gasteiger partial charge in [-0.2, -0.15) is 0 Å². The molecule has 4 heterocycles. The average Bonchev–Trinajstić information content (AvgIpc) is 3.16. The molecule has 1 aromatic heterocycles. The van der Waals surface area contributed by atoms with E-state index in [1.165, 1.54) is 5.56 Å². The third-order valence-corrected chi connectivity index (χ3v) is 7.39. The average molecular weight is 435 g/mol. The molecule has 0 spiro atoms. The lowest BCUT2D eigenvalue weighted by molar-refractivity contribution is -0.117. The van der Waals surface area contributed by atoms with Crippen molar-refractivity contribution in [3.05, 3.63) is 53.0 Å². The van der Waals surface area contributed by atoms with E-state index in [1.54, 1.807) is 0 Å². The molecule has 32 heavy (non-hydrogen) atoms. The fraction of sp³-hybridized carbons (Fsp3) is 0.577. The van der Waals surface area contributed by atoms with Gasteiger partial charge in [0.15, 0.2) is 0 Å². The van der Waals surface area contributed by atoms with E-state index >= 15 is 0 Å². The number of fused-ring (bicyclic) bond motifs is 1. The van der Waals surface area contributed by atoms with Gasteiger partial charge in [0.25, 0.3) is 0 Å². The predicted octanol–water partition coefficient (Wildman–Crippen LogP) is 3.67. The summed E-state index contributed by atoms with van der Waals surface area (Å²) in [7, 11) is 0. The second-order valence-electron chi connectivity index (χ2n) is 9.43. The van der Waals surface area contributed by atoms with Crippen molar-refractivity contribution in [2.75, 3.05) is 37.7 Å². The highest BCUT2D eigenvalue weighted by atomic mass is 16.5. The van der Waals surface area contributed by atoms with Crippen molar-refractivity contribution < 1.29 is 9.53 Å². The Labute approximate surface area is 191 Å². The van der Waals surface area contributed by atoms with Gasteiger partial charge in [0.2, 0.25) is 5.91 Å². The lowest BCUT2D eigenvalue weighted by Gasteiger charge is -2.39. The molecule has 2 aromatic rings. The highest BCUT2D eigenvalue weighted by Gasteiger charge is 2.33. The van der Waals surface area contributed by atoms with E-state index in [0.717, 1.165) is 94.3 Å². The van der Waals surface area contributed by atoms with Crippen LogP contribution >= 0.6 is 0 Å². The van der Waals surface area contributed by atoms with Gasteiger partial charge in [-0.1, -0.05) is 30.3 Å². The standard InChI is InChI=1S/C26H34N4O2/c1-19-23-18-24(31)30(13-5-8-20-6-3-2-4-7-20)26(23)28-25(27-19)21-9-14-29(15-10-21)22-11-16-32-17-12-22/h2-4,6-7,21-22H,5,8-18H2,1H3. The molecule has 2 fully saturated rings. The van der Waals surface area contributed by atoms with Gasteiger partial charge in [-0.15, -0.1) is 0 Å². The van der Waals surface area contributed by atoms with Crippen LogP contribution in [0.5, 0.6) is 0 Å². The van der Waals surface area contributed by atoms with Gasteiger partial charge in [-0.3, -0.25) is 9.69 Å². The maximum Gasteiger partial charge on any atom is 0.232 e. The van der Waals surface area contributed by atoms with Gasteiger partial charge in [0.1, 0.15) is 11.6 Å². The lowest BCUT2D eigenvalue weighted by atomic mass is 9.93. The number of nitrogens with zero attached hydrogens (tertiary/aromatic N) is 4. The zero-order valence-electron chi connectivity index (χ0n) is 19.1. The monoisotopic (exact) mass is 434 g/mol. The zero-order chi connectivity index (χ0) is 21.9. The van der Waals surface area contributed by atoms with Crippen LogP contribution in [0.1, 0.15) is 60.7 Å². The third-order valence-electron chi connectivity index (χ3n) is 7.39. The molecular formula is C26H34N4O2. The summed E-state index contributed by atoms with van der Waals surface area (Å²) < 4.78 is 5.53. The summed E-state index contributed by atoms with van der Waals surface area (Å²) in [6, 6.07) is 11.2. The van der Waals surface area contributed by atoms with Crippen LogP contribution in [0.3, 0.4) is 0 Å². The molecule has 170 valence electrons. The van der Waals surface area contributed by atoms with Crippen LogP contribution in [0.25, 0.3) is 0 Å². The first-order valence-electron chi connectivity index (χ1n) is 12.2. The SMILES string of the molecule is Cc1nc(C2CCN(C3CCOCC3)CC2)nc2c1CC(=O)N2CCCc1ccccc1. The largest absolute Gasteiger partial charge is 0.381 e. The summed E-state index contributed by atoms with van der Waals surface area (Å²) >= 11 is 0. The smallest absolute Gasteiger partial charge is 0.232 e. The number of rotatable bonds is 6. The van der Waals surface area contributed by atoms with Crippen LogP contribution in [-0.2, 0) is 22.4 Å². The molecule has 3 aliphatic heterocycles. The molecular weight excluding hydrogens is 400 g/mol. The first-order chi connectivity index (χ1) is 15.7. The molecule has 0 atom stereocenters. The first-order valence-corrected chi connectivity index (χ1v) is 12.2. The molecule has 2 saturated heterocycles. The minimum absolute atomic E-state index is 0.164. The summed E-state index contributed by atoms with van der Waals surface area (Å²) in [6.45, 7) is 6.77. The number of benzene rings is 1. The van der Waals surface area contributed by atoms with Crippen LogP contribution in [0.2, 0.25) is 0 Å². The number of anilines is 1. The Morgan fingerprint density at radius 2 is 1.78 bits per heavy atom. The van der Waals surface area contributed by atoms with Crippen molar-refractivity contribution in [1.29, 1.82) is 0 Å². The van der Waals surface area contributed by atoms with Crippen molar-refractivity contribution in [1.82, 2.24) is 14.9 Å². The molecule has 1 amide bonds. The minimum Gasteiger partial charge on any atom is -0.381 e. The van der Waals surface area contributed by atoms with Gasteiger partial charge in [0.05, 0.1) is 6.42 Å². The number of hydrogen-bond acceptors (Lipinski definition) is 5. The number of amides is 1. The number of carbonyl (C=O) groups is 1. The highest BCUT2D eigenvalue weighted by Crippen LogP contribution is 2.34. The lowest BCUT2D eigenvalue weighted by Crippen LogP contribution is -2.43. The fourth-order valence-corrected chi connectivity index (χ4v) is 5.47. The van der Waals surface area contributed by atoms with Gasteiger partial charge in [-0.05, 0) is 64.1 Å². The predicted molar refractivity (Wildman–Crippen MR) is 125 cm³/mol. The van der Waals surface area contributed by atoms with Crippen LogP contribution in [-0.4, -0.2) is 59.7 Å². The topological polar surface area (TPSA) is 58.6 Å². The first kappa shape index (κ1) is 21.5. The number of aryl methyl sites for hydroxylation is 2. The summed E-state index contributed by atoms with van der Waals surface area (Å²) in [5.74, 6) is 2.36. The van der Waals surface area contributed by atoms with E-state index in [9.17, 15) is 4.79 Å². The maximum atomic E-state index is 12.8. The highest BCUT2D eigenvalue weighted by molar-refractivity contribution is 6.00. The van der Waals surface area contributed by atoms with E-state index in [4.69, 9.17) is 14.7 Å². The Morgan fingerprint density at radius 1 is 1.03 bits per heavy atom. The van der Waals surface area contributed by atoms with Crippen molar-refractivity contribution >= 4 is 11.7 Å². The van der Waals surface area contributed by atoms with Crippen molar-refractivity contribution in [3.63, 3.8) is 0 Å². The Balaban J connectivity index is 1.25. The van der Waals surface area contributed by atoms with E-state index < -0.39 is 0 Å². The molecule has 0 bridgehead atoms. The second-order valence-corrected chi connectivity index (χ2v) is 9.43. The van der Waals surface area contributed by atoms with Gasteiger partial charge in [-0.25, -0.2) is 9.97 Å². The maximum absolute atomic E-state index is 12.8. The van der Waals surface area contributed by atoms with E-state index in [-0.39, 0.29) is 5.91 Å². The van der Waals surface area contributed by atoms with E-state index in [1.807, 2.05) is 17.9 Å². The van der Waals surface area contributed by atoms with Crippen LogP contribution in [0.4, 0.5) is 5.82 Å². The van der Waals surface area contributed by atoms with E-state index in [2.05, 4.69) is 29.2 Å². The summed E-state index contributed by atoms with van der Waals surface area (Å²) in [4.78, 5) is 27.2. The van der Waals surface area contributed by atoms with Gasteiger partial charge in [0, 0.05) is 43.0 Å². The van der Waals surface area contributed by atoms with Crippen molar-refractivity contribution in [2.24, 2.45) is 0 Å². The van der Waals surface area contributed by atoms with Crippen LogP contribution in [0, 0.1) is 6.92 Å². The van der Waals surface area contributed by atoms with Gasteiger partial charge < -0.3 is 9.64 Å². The Hall–Kier alpha value is -2.31. The third kappa shape index (κ3) is 4.57. The second kappa shape index (κ2) is 9.67. The van der Waals surface area contributed by atoms with Crippen molar-refractivity contribution in [2.45, 2.75) is 63.8 Å². The van der Waals surface area contributed by atoms with Crippen molar-refractivity contribution in [3.8, 4) is 0 Å².